The fraction of sp³-hybridized carbons (Fsp3) is 0.429. The lowest BCUT2D eigenvalue weighted by Crippen LogP contribution is -2.36. The SMILES string of the molecule is COCCNC(=O)CN(C)Cc1cc(C(=O)O)ccc1F. The van der Waals surface area contributed by atoms with Crippen LogP contribution in [-0.4, -0.2) is 55.7 Å². The van der Waals surface area contributed by atoms with E-state index >= 15 is 0 Å². The summed E-state index contributed by atoms with van der Waals surface area (Å²) in [5.74, 6) is -1.81. The van der Waals surface area contributed by atoms with Gasteiger partial charge in [-0.15, -0.1) is 0 Å². The van der Waals surface area contributed by atoms with Gasteiger partial charge in [0, 0.05) is 25.8 Å². The number of ether oxygens (including phenoxy) is 1. The van der Waals surface area contributed by atoms with Crippen LogP contribution in [0.1, 0.15) is 15.9 Å². The number of rotatable bonds is 8. The standard InChI is InChI=1S/C14H19FN2O4/c1-17(9-13(18)16-5-6-21-2)8-11-7-10(14(19)20)3-4-12(11)15/h3-4,7H,5-6,8-9H2,1-2H3,(H,16,18)(H,19,20). The van der Waals surface area contributed by atoms with Crippen molar-refractivity contribution in [3.63, 3.8) is 0 Å². The van der Waals surface area contributed by atoms with E-state index in [0.717, 1.165) is 6.07 Å². The number of carbonyl (C=O) groups is 2. The number of amides is 1. The lowest BCUT2D eigenvalue weighted by atomic mass is 10.1. The van der Waals surface area contributed by atoms with Crippen LogP contribution in [-0.2, 0) is 16.1 Å². The zero-order valence-electron chi connectivity index (χ0n) is 12.1. The Labute approximate surface area is 122 Å². The van der Waals surface area contributed by atoms with Crippen molar-refractivity contribution in [2.75, 3.05) is 33.9 Å². The molecule has 0 fully saturated rings. The third kappa shape index (κ3) is 5.88. The molecule has 1 rings (SSSR count). The second-order valence-electron chi connectivity index (χ2n) is 4.63. The number of hydrogen-bond donors (Lipinski definition) is 2. The fourth-order valence-electron chi connectivity index (χ4n) is 1.77. The van der Waals surface area contributed by atoms with Crippen molar-refractivity contribution >= 4 is 11.9 Å². The molecule has 2 N–H and O–H groups in total. The van der Waals surface area contributed by atoms with Crippen LogP contribution in [0.15, 0.2) is 18.2 Å². The summed E-state index contributed by atoms with van der Waals surface area (Å²) in [5.41, 5.74) is 0.256. The van der Waals surface area contributed by atoms with Crippen molar-refractivity contribution < 1.29 is 23.8 Å². The summed E-state index contributed by atoms with van der Waals surface area (Å²) in [6.45, 7) is 1.06. The van der Waals surface area contributed by atoms with Crippen molar-refractivity contribution in [1.82, 2.24) is 10.2 Å². The van der Waals surface area contributed by atoms with E-state index in [2.05, 4.69) is 5.32 Å². The summed E-state index contributed by atoms with van der Waals surface area (Å²) in [4.78, 5) is 24.0. The molecule has 0 spiro atoms. The Balaban J connectivity index is 2.58. The van der Waals surface area contributed by atoms with Crippen LogP contribution in [0.4, 0.5) is 4.39 Å². The van der Waals surface area contributed by atoms with Gasteiger partial charge in [-0.3, -0.25) is 9.69 Å². The number of nitrogens with one attached hydrogen (secondary N) is 1. The van der Waals surface area contributed by atoms with Crippen LogP contribution in [0.5, 0.6) is 0 Å². The van der Waals surface area contributed by atoms with Crippen molar-refractivity contribution in [3.05, 3.63) is 35.1 Å². The molecule has 0 aliphatic rings. The summed E-state index contributed by atoms with van der Waals surface area (Å²) >= 11 is 0. The molecular weight excluding hydrogens is 279 g/mol. The highest BCUT2D eigenvalue weighted by atomic mass is 19.1. The average Bonchev–Trinajstić information content (AvgIpc) is 2.41. The molecule has 1 aromatic rings. The van der Waals surface area contributed by atoms with E-state index in [0.29, 0.717) is 13.2 Å². The predicted octanol–water partition coefficient (Wildman–Crippen LogP) is 0.718. The smallest absolute Gasteiger partial charge is 0.335 e. The summed E-state index contributed by atoms with van der Waals surface area (Å²) < 4.78 is 18.5. The Morgan fingerprint density at radius 1 is 1.43 bits per heavy atom. The molecule has 0 unspecified atom stereocenters. The fourth-order valence-corrected chi connectivity index (χ4v) is 1.77. The Morgan fingerprint density at radius 3 is 2.76 bits per heavy atom. The van der Waals surface area contributed by atoms with Crippen LogP contribution < -0.4 is 5.32 Å². The van der Waals surface area contributed by atoms with Gasteiger partial charge in [-0.1, -0.05) is 0 Å². The van der Waals surface area contributed by atoms with Gasteiger partial charge in [0.1, 0.15) is 5.82 Å². The van der Waals surface area contributed by atoms with Gasteiger partial charge in [0.05, 0.1) is 18.7 Å². The molecule has 116 valence electrons. The lowest BCUT2D eigenvalue weighted by molar-refractivity contribution is -0.122. The maximum absolute atomic E-state index is 13.6. The van der Waals surface area contributed by atoms with Crippen molar-refractivity contribution in [3.8, 4) is 0 Å². The molecule has 0 aliphatic heterocycles. The van der Waals surface area contributed by atoms with E-state index in [4.69, 9.17) is 9.84 Å². The van der Waals surface area contributed by atoms with Crippen LogP contribution in [0.25, 0.3) is 0 Å². The van der Waals surface area contributed by atoms with Crippen molar-refractivity contribution in [2.45, 2.75) is 6.54 Å². The first-order valence-electron chi connectivity index (χ1n) is 6.40. The van der Waals surface area contributed by atoms with Crippen LogP contribution in [0, 0.1) is 5.82 Å². The van der Waals surface area contributed by atoms with Gasteiger partial charge in [0.2, 0.25) is 5.91 Å². The molecular formula is C14H19FN2O4. The Bertz CT molecular complexity index is 508. The predicted molar refractivity (Wildman–Crippen MR) is 74.6 cm³/mol. The van der Waals surface area contributed by atoms with E-state index in [1.807, 2.05) is 0 Å². The minimum Gasteiger partial charge on any atom is -0.478 e. The quantitative estimate of drug-likeness (QED) is 0.691. The van der Waals surface area contributed by atoms with E-state index < -0.39 is 11.8 Å². The maximum atomic E-state index is 13.6. The van der Waals surface area contributed by atoms with Crippen LogP contribution in [0.3, 0.4) is 0 Å². The Morgan fingerprint density at radius 2 is 2.14 bits per heavy atom. The zero-order valence-corrected chi connectivity index (χ0v) is 12.1. The largest absolute Gasteiger partial charge is 0.478 e. The Hall–Kier alpha value is -1.99. The summed E-state index contributed by atoms with van der Waals surface area (Å²) in [5, 5.41) is 11.5. The number of carboxylic acids is 1. The molecule has 0 radical (unpaired) electrons. The zero-order chi connectivity index (χ0) is 15.8. The molecule has 0 aromatic heterocycles. The van der Waals surface area contributed by atoms with Gasteiger partial charge in [0.25, 0.3) is 0 Å². The third-order valence-corrected chi connectivity index (χ3v) is 2.77. The van der Waals surface area contributed by atoms with Gasteiger partial charge in [-0.2, -0.15) is 0 Å². The number of carboxylic acid groups (broad SMARTS) is 1. The average molecular weight is 298 g/mol. The van der Waals surface area contributed by atoms with E-state index in [9.17, 15) is 14.0 Å². The number of aromatic carboxylic acids is 1. The molecule has 21 heavy (non-hydrogen) atoms. The van der Waals surface area contributed by atoms with E-state index in [1.165, 1.54) is 19.2 Å². The minimum atomic E-state index is -1.11. The summed E-state index contributed by atoms with van der Waals surface area (Å²) in [7, 11) is 3.19. The number of benzene rings is 1. The first-order chi connectivity index (χ1) is 9.93. The molecule has 1 aromatic carbocycles. The summed E-state index contributed by atoms with van der Waals surface area (Å²) in [6.07, 6.45) is 0. The number of halogens is 1. The van der Waals surface area contributed by atoms with Crippen LogP contribution >= 0.6 is 0 Å². The number of hydrogen-bond acceptors (Lipinski definition) is 4. The second-order valence-corrected chi connectivity index (χ2v) is 4.63. The van der Waals surface area contributed by atoms with Crippen molar-refractivity contribution in [2.24, 2.45) is 0 Å². The number of nitrogens with zero attached hydrogens (tertiary/aromatic N) is 1. The molecule has 0 saturated heterocycles. The van der Waals surface area contributed by atoms with Gasteiger partial charge in [0.15, 0.2) is 0 Å². The van der Waals surface area contributed by atoms with Gasteiger partial charge in [-0.25, -0.2) is 9.18 Å². The van der Waals surface area contributed by atoms with Gasteiger partial charge >= 0.3 is 5.97 Å². The monoisotopic (exact) mass is 298 g/mol. The van der Waals surface area contributed by atoms with Crippen LogP contribution in [0.2, 0.25) is 0 Å². The molecule has 0 heterocycles. The number of likely N-dealkylation sites (N-methyl/N-ethyl adjacent to an activating group) is 1. The first-order valence-corrected chi connectivity index (χ1v) is 6.40. The van der Waals surface area contributed by atoms with Gasteiger partial charge < -0.3 is 15.2 Å². The highest BCUT2D eigenvalue weighted by Crippen LogP contribution is 2.12. The van der Waals surface area contributed by atoms with E-state index in [-0.39, 0.29) is 30.1 Å². The highest BCUT2D eigenvalue weighted by molar-refractivity contribution is 5.87. The molecule has 0 aliphatic carbocycles. The molecule has 0 bridgehead atoms. The topological polar surface area (TPSA) is 78.9 Å². The lowest BCUT2D eigenvalue weighted by Gasteiger charge is -2.17. The first kappa shape index (κ1) is 17.1. The maximum Gasteiger partial charge on any atom is 0.335 e. The molecule has 1 amide bonds. The Kier molecular flexibility index (Phi) is 6.77. The van der Waals surface area contributed by atoms with Gasteiger partial charge in [-0.05, 0) is 25.2 Å². The van der Waals surface area contributed by atoms with E-state index in [1.54, 1.807) is 11.9 Å². The molecule has 6 nitrogen and oxygen atoms in total. The number of methoxy groups -OCH3 is 1. The number of carbonyl (C=O) groups excluding carboxylic acids is 1. The molecule has 7 heteroatoms. The van der Waals surface area contributed by atoms with Crippen molar-refractivity contribution in [1.29, 1.82) is 0 Å². The molecule has 0 atom stereocenters. The minimum absolute atomic E-state index is 0.0179. The molecule has 0 saturated carbocycles. The summed E-state index contributed by atoms with van der Waals surface area (Å²) in [6, 6.07) is 3.60. The third-order valence-electron chi connectivity index (χ3n) is 2.77. The second kappa shape index (κ2) is 8.33. The normalized spacial score (nSPS) is 10.7. The highest BCUT2D eigenvalue weighted by Gasteiger charge is 2.12.